The van der Waals surface area contributed by atoms with E-state index in [4.69, 9.17) is 25.5 Å². The van der Waals surface area contributed by atoms with E-state index in [1.54, 1.807) is 30.3 Å². The number of nitrogens with zero attached hydrogens (tertiary/aromatic N) is 2. The first kappa shape index (κ1) is 30.9. The van der Waals surface area contributed by atoms with E-state index in [1.807, 2.05) is 13.8 Å². The van der Waals surface area contributed by atoms with Gasteiger partial charge in [-0.25, -0.2) is 0 Å². The van der Waals surface area contributed by atoms with Crippen molar-refractivity contribution in [2.75, 3.05) is 39.3 Å². The number of piperazine rings is 1. The maximum Gasteiger partial charge on any atom is 0.235 e. The summed E-state index contributed by atoms with van der Waals surface area (Å²) < 4.78 is 17.5. The molecule has 8 heteroatoms. The first-order valence-electron chi connectivity index (χ1n) is 15.2. The number of fused-ring (bicyclic) bond motifs is 1. The summed E-state index contributed by atoms with van der Waals surface area (Å²) in [6.45, 7) is 7.92. The molecule has 0 saturated carbocycles. The molecule has 0 unspecified atom stereocenters. The van der Waals surface area contributed by atoms with E-state index in [-0.39, 0.29) is 23.8 Å². The largest absolute Gasteiger partial charge is 0.491 e. The lowest BCUT2D eigenvalue weighted by Gasteiger charge is -2.40. The van der Waals surface area contributed by atoms with Crippen LogP contribution in [0.25, 0.3) is 11.0 Å². The number of aliphatic hydroxyl groups excluding tert-OH is 1. The SMILES string of the molecule is Cc1cc(Oc2coc3cc(OC[C@@H](O)CN4CCN(C(c5ccccc5)c5ccccc5)CC4)ccc3c2=O)cc(C)c1Cl. The van der Waals surface area contributed by atoms with Crippen LogP contribution in [0.5, 0.6) is 17.2 Å². The topological polar surface area (TPSA) is 75.4 Å². The van der Waals surface area contributed by atoms with Gasteiger partial charge in [-0.2, -0.15) is 0 Å². The summed E-state index contributed by atoms with van der Waals surface area (Å²) in [7, 11) is 0. The lowest BCUT2D eigenvalue weighted by Crippen LogP contribution is -2.50. The zero-order chi connectivity index (χ0) is 31.3. The molecule has 0 amide bonds. The van der Waals surface area contributed by atoms with Crippen molar-refractivity contribution >= 4 is 22.6 Å². The van der Waals surface area contributed by atoms with Gasteiger partial charge in [-0.3, -0.25) is 14.6 Å². The minimum absolute atomic E-state index is 0.0895. The molecule has 6 rings (SSSR count). The highest BCUT2D eigenvalue weighted by molar-refractivity contribution is 6.32. The van der Waals surface area contributed by atoms with Crippen LogP contribution >= 0.6 is 11.6 Å². The molecule has 1 aliphatic heterocycles. The summed E-state index contributed by atoms with van der Waals surface area (Å²) in [6, 6.07) is 30.0. The van der Waals surface area contributed by atoms with Crippen molar-refractivity contribution in [1.82, 2.24) is 9.80 Å². The summed E-state index contributed by atoms with van der Waals surface area (Å²) in [6.07, 6.45) is 0.642. The first-order valence-corrected chi connectivity index (χ1v) is 15.6. The van der Waals surface area contributed by atoms with Gasteiger partial charge in [0, 0.05) is 43.8 Å². The molecule has 1 saturated heterocycles. The predicted molar refractivity (Wildman–Crippen MR) is 178 cm³/mol. The van der Waals surface area contributed by atoms with E-state index in [9.17, 15) is 9.90 Å². The average Bonchev–Trinajstić information content (AvgIpc) is 3.06. The third-order valence-corrected chi connectivity index (χ3v) is 8.86. The Morgan fingerprint density at radius 3 is 2.09 bits per heavy atom. The molecule has 0 spiro atoms. The van der Waals surface area contributed by atoms with Crippen LogP contribution in [0.2, 0.25) is 5.02 Å². The highest BCUT2D eigenvalue weighted by atomic mass is 35.5. The predicted octanol–water partition coefficient (Wildman–Crippen LogP) is 7.00. The van der Waals surface area contributed by atoms with Gasteiger partial charge in [-0.15, -0.1) is 0 Å². The minimum Gasteiger partial charge on any atom is -0.491 e. The van der Waals surface area contributed by atoms with E-state index >= 15 is 0 Å². The van der Waals surface area contributed by atoms with Crippen molar-refractivity contribution in [3.63, 3.8) is 0 Å². The van der Waals surface area contributed by atoms with Gasteiger partial charge in [0.15, 0.2) is 0 Å². The Kier molecular flexibility index (Phi) is 9.52. The average molecular weight is 625 g/mol. The van der Waals surface area contributed by atoms with Gasteiger partial charge in [0.1, 0.15) is 36.1 Å². The van der Waals surface area contributed by atoms with Crippen LogP contribution in [-0.2, 0) is 0 Å². The molecule has 1 fully saturated rings. The number of aliphatic hydroxyl groups is 1. The van der Waals surface area contributed by atoms with Gasteiger partial charge >= 0.3 is 0 Å². The van der Waals surface area contributed by atoms with Crippen molar-refractivity contribution in [2.45, 2.75) is 26.0 Å². The Balaban J connectivity index is 1.04. The first-order chi connectivity index (χ1) is 21.9. The summed E-state index contributed by atoms with van der Waals surface area (Å²) in [5, 5.41) is 11.9. The van der Waals surface area contributed by atoms with E-state index in [1.165, 1.54) is 17.4 Å². The Labute approximate surface area is 268 Å². The molecule has 7 nitrogen and oxygen atoms in total. The van der Waals surface area contributed by atoms with Crippen LogP contribution in [-0.4, -0.2) is 60.3 Å². The third kappa shape index (κ3) is 7.24. The summed E-state index contributed by atoms with van der Waals surface area (Å²) in [5.41, 5.74) is 4.39. The summed E-state index contributed by atoms with van der Waals surface area (Å²) in [5.74, 6) is 1.12. The second-order valence-corrected chi connectivity index (χ2v) is 12.0. The molecule has 5 aromatic rings. The lowest BCUT2D eigenvalue weighted by molar-refractivity contribution is 0.0401. The Hall–Kier alpha value is -4.14. The van der Waals surface area contributed by atoms with Gasteiger partial charge in [0.25, 0.3) is 0 Å². The smallest absolute Gasteiger partial charge is 0.235 e. The van der Waals surface area contributed by atoms with Crippen LogP contribution in [0.15, 0.2) is 106 Å². The third-order valence-electron chi connectivity index (χ3n) is 8.27. The molecule has 232 valence electrons. The Morgan fingerprint density at radius 1 is 0.844 bits per heavy atom. The molecule has 1 atom stereocenters. The number of β-amino-alcohol motifs (C(OH)–C–C–N with tert-alkyl or cyclic N) is 1. The van der Waals surface area contributed by atoms with Gasteiger partial charge in [0.2, 0.25) is 11.2 Å². The number of benzene rings is 4. The van der Waals surface area contributed by atoms with Crippen LogP contribution in [0.4, 0.5) is 0 Å². The number of rotatable bonds is 10. The van der Waals surface area contributed by atoms with E-state index in [0.717, 1.165) is 37.3 Å². The molecule has 1 aliphatic rings. The fourth-order valence-electron chi connectivity index (χ4n) is 5.98. The van der Waals surface area contributed by atoms with Crippen LogP contribution < -0.4 is 14.9 Å². The Morgan fingerprint density at radius 2 is 1.47 bits per heavy atom. The van der Waals surface area contributed by atoms with E-state index in [2.05, 4.69) is 70.5 Å². The molecule has 0 bridgehead atoms. The Bertz CT molecular complexity index is 1740. The molecule has 1 N–H and O–H groups in total. The molecule has 2 heterocycles. The molecule has 0 aliphatic carbocycles. The number of hydrogen-bond donors (Lipinski definition) is 1. The quantitative estimate of drug-likeness (QED) is 0.179. The standard InChI is InChI=1S/C37H37ClN2O5/c1-25-19-31(20-26(2)35(25)38)45-34-24-44-33-21-30(13-14-32(33)37(34)42)43-23-29(41)22-39-15-17-40(18-16-39)36(27-9-5-3-6-10-27)28-11-7-4-8-12-28/h3-14,19-21,24,29,36,41H,15-18,22-23H2,1-2H3/t29-/m0/s1. The zero-order valence-corrected chi connectivity index (χ0v) is 26.2. The summed E-state index contributed by atoms with van der Waals surface area (Å²) >= 11 is 6.26. The second-order valence-electron chi connectivity index (χ2n) is 11.6. The molecule has 0 radical (unpaired) electrons. The molecule has 1 aromatic heterocycles. The minimum atomic E-state index is -0.666. The molecule has 4 aromatic carbocycles. The van der Waals surface area contributed by atoms with Crippen LogP contribution in [0.3, 0.4) is 0 Å². The number of hydrogen-bond acceptors (Lipinski definition) is 7. The van der Waals surface area contributed by atoms with E-state index < -0.39 is 6.10 Å². The number of ether oxygens (including phenoxy) is 2. The number of halogens is 1. The van der Waals surface area contributed by atoms with Crippen molar-refractivity contribution in [2.24, 2.45) is 0 Å². The van der Waals surface area contributed by atoms with Crippen molar-refractivity contribution in [3.8, 4) is 17.2 Å². The summed E-state index contributed by atoms with van der Waals surface area (Å²) in [4.78, 5) is 17.9. The number of aryl methyl sites for hydroxylation is 2. The molecular formula is C37H37ClN2O5. The van der Waals surface area contributed by atoms with Gasteiger partial charge < -0.3 is 19.0 Å². The van der Waals surface area contributed by atoms with Crippen molar-refractivity contribution in [3.05, 3.63) is 135 Å². The molecular weight excluding hydrogens is 588 g/mol. The normalized spacial score (nSPS) is 15.0. The van der Waals surface area contributed by atoms with Crippen molar-refractivity contribution in [1.29, 1.82) is 0 Å². The van der Waals surface area contributed by atoms with Crippen molar-refractivity contribution < 1.29 is 19.0 Å². The lowest BCUT2D eigenvalue weighted by atomic mass is 9.96. The fourth-order valence-corrected chi connectivity index (χ4v) is 6.08. The van der Waals surface area contributed by atoms with E-state index in [0.29, 0.717) is 34.0 Å². The van der Waals surface area contributed by atoms with Crippen LogP contribution in [0.1, 0.15) is 28.3 Å². The fraction of sp³-hybridized carbons (Fsp3) is 0.270. The van der Waals surface area contributed by atoms with Gasteiger partial charge in [0.05, 0.1) is 11.4 Å². The monoisotopic (exact) mass is 624 g/mol. The maximum atomic E-state index is 13.1. The maximum absolute atomic E-state index is 13.1. The molecule has 45 heavy (non-hydrogen) atoms. The second kappa shape index (κ2) is 13.9. The van der Waals surface area contributed by atoms with Gasteiger partial charge in [-0.1, -0.05) is 72.3 Å². The zero-order valence-electron chi connectivity index (χ0n) is 25.5. The highest BCUT2D eigenvalue weighted by Gasteiger charge is 2.27. The van der Waals surface area contributed by atoms with Crippen LogP contribution in [0, 0.1) is 13.8 Å². The van der Waals surface area contributed by atoms with Gasteiger partial charge in [-0.05, 0) is 60.4 Å². The highest BCUT2D eigenvalue weighted by Crippen LogP contribution is 2.31.